The minimum atomic E-state index is -0.582. The highest BCUT2D eigenvalue weighted by atomic mass is 35.5. The molecule has 0 saturated carbocycles. The molecule has 2 N–H and O–H groups in total. The van der Waals surface area contributed by atoms with Crippen LogP contribution in [-0.4, -0.2) is 23.0 Å². The Bertz CT molecular complexity index is 1100. The highest BCUT2D eigenvalue weighted by Crippen LogP contribution is 2.22. The van der Waals surface area contributed by atoms with E-state index in [2.05, 4.69) is 10.9 Å². The maximum Gasteiger partial charge on any atom is 0.419 e. The first-order chi connectivity index (χ1) is 13.8. The summed E-state index contributed by atoms with van der Waals surface area (Å²) in [6.07, 6.45) is -0.0325. The number of hydrogen-bond acceptors (Lipinski definition) is 5. The summed E-state index contributed by atoms with van der Waals surface area (Å²) < 4.78 is 12.0. The van der Waals surface area contributed by atoms with Crippen LogP contribution in [0.5, 0.6) is 5.75 Å². The van der Waals surface area contributed by atoms with Gasteiger partial charge in [0.05, 0.1) is 5.52 Å². The molecule has 29 heavy (non-hydrogen) atoms. The van der Waals surface area contributed by atoms with E-state index in [4.69, 9.17) is 20.8 Å². The normalized spacial score (nSPS) is 10.7. The SMILES string of the molecule is Cc1cccc(C)c1OCC(=O)NNC(=O)CCn1c(=O)oc2cc(Cl)ccc21. The Balaban J connectivity index is 1.48. The monoisotopic (exact) mass is 417 g/mol. The van der Waals surface area contributed by atoms with E-state index < -0.39 is 17.6 Å². The first kappa shape index (κ1) is 20.5. The van der Waals surface area contributed by atoms with Gasteiger partial charge in [0.25, 0.3) is 5.91 Å². The van der Waals surface area contributed by atoms with Gasteiger partial charge in [-0.15, -0.1) is 0 Å². The zero-order valence-electron chi connectivity index (χ0n) is 16.0. The summed E-state index contributed by atoms with van der Waals surface area (Å²) in [5.74, 6) is -0.899. The first-order valence-electron chi connectivity index (χ1n) is 8.91. The molecule has 1 aromatic heterocycles. The Morgan fingerprint density at radius 2 is 1.79 bits per heavy atom. The summed E-state index contributed by atoms with van der Waals surface area (Å²) in [5, 5.41) is 0.446. The third kappa shape index (κ3) is 4.97. The highest BCUT2D eigenvalue weighted by Gasteiger charge is 2.12. The van der Waals surface area contributed by atoms with Gasteiger partial charge in [0.1, 0.15) is 5.75 Å². The molecule has 0 aliphatic rings. The molecule has 0 atom stereocenters. The number of para-hydroxylation sites is 1. The Morgan fingerprint density at radius 1 is 1.10 bits per heavy atom. The van der Waals surface area contributed by atoms with Gasteiger partial charge in [-0.05, 0) is 37.1 Å². The van der Waals surface area contributed by atoms with E-state index in [1.54, 1.807) is 12.1 Å². The predicted octanol–water partition coefficient (Wildman–Crippen LogP) is 2.48. The molecule has 0 aliphatic carbocycles. The number of benzene rings is 2. The molecule has 0 fully saturated rings. The van der Waals surface area contributed by atoms with Crippen molar-refractivity contribution in [3.05, 3.63) is 63.1 Å². The Hall–Kier alpha value is -3.26. The quantitative estimate of drug-likeness (QED) is 0.600. The lowest BCUT2D eigenvalue weighted by Gasteiger charge is -2.12. The number of ether oxygens (including phenoxy) is 1. The molecule has 0 radical (unpaired) electrons. The van der Waals surface area contributed by atoms with Crippen LogP contribution in [0.4, 0.5) is 0 Å². The second-order valence-corrected chi connectivity index (χ2v) is 6.92. The van der Waals surface area contributed by atoms with Crippen LogP contribution in [0.15, 0.2) is 45.6 Å². The van der Waals surface area contributed by atoms with Crippen LogP contribution >= 0.6 is 11.6 Å². The average Bonchev–Trinajstić information content (AvgIpc) is 2.98. The van der Waals surface area contributed by atoms with E-state index in [-0.39, 0.29) is 19.6 Å². The van der Waals surface area contributed by atoms with Crippen molar-refractivity contribution in [2.45, 2.75) is 26.8 Å². The molecule has 0 saturated heterocycles. The minimum Gasteiger partial charge on any atom is -0.483 e. The topological polar surface area (TPSA) is 103 Å². The second kappa shape index (κ2) is 8.83. The van der Waals surface area contributed by atoms with E-state index in [0.29, 0.717) is 21.9 Å². The minimum absolute atomic E-state index is 0.0325. The maximum absolute atomic E-state index is 12.0. The number of carbonyl (C=O) groups excluding carboxylic acids is 2. The third-order valence-electron chi connectivity index (χ3n) is 4.29. The van der Waals surface area contributed by atoms with Gasteiger partial charge >= 0.3 is 5.76 Å². The van der Waals surface area contributed by atoms with Crippen LogP contribution in [0.3, 0.4) is 0 Å². The summed E-state index contributed by atoms with van der Waals surface area (Å²) in [5.41, 5.74) is 7.31. The zero-order valence-corrected chi connectivity index (χ0v) is 16.7. The highest BCUT2D eigenvalue weighted by molar-refractivity contribution is 6.31. The summed E-state index contributed by atoms with van der Waals surface area (Å²) >= 11 is 5.87. The van der Waals surface area contributed by atoms with Gasteiger partial charge in [0.2, 0.25) is 5.91 Å². The molecule has 0 unspecified atom stereocenters. The number of hydrogen-bond donors (Lipinski definition) is 2. The summed E-state index contributed by atoms with van der Waals surface area (Å²) in [4.78, 5) is 35.8. The van der Waals surface area contributed by atoms with E-state index >= 15 is 0 Å². The Morgan fingerprint density at radius 3 is 2.52 bits per heavy atom. The van der Waals surface area contributed by atoms with Crippen molar-refractivity contribution < 1.29 is 18.7 Å². The number of carbonyl (C=O) groups is 2. The fourth-order valence-electron chi connectivity index (χ4n) is 2.87. The van der Waals surface area contributed by atoms with Gasteiger partial charge < -0.3 is 9.15 Å². The molecule has 1 heterocycles. The van der Waals surface area contributed by atoms with Gasteiger partial charge in [-0.1, -0.05) is 29.8 Å². The van der Waals surface area contributed by atoms with E-state index in [1.165, 1.54) is 10.6 Å². The first-order valence-corrected chi connectivity index (χ1v) is 9.28. The molecule has 3 rings (SSSR count). The molecular weight excluding hydrogens is 398 g/mol. The number of fused-ring (bicyclic) bond motifs is 1. The van der Waals surface area contributed by atoms with Gasteiger partial charge in [-0.25, -0.2) is 4.79 Å². The van der Waals surface area contributed by atoms with Crippen LogP contribution in [0.1, 0.15) is 17.5 Å². The third-order valence-corrected chi connectivity index (χ3v) is 4.53. The van der Waals surface area contributed by atoms with E-state index in [0.717, 1.165) is 11.1 Å². The predicted molar refractivity (Wildman–Crippen MR) is 108 cm³/mol. The molecule has 0 spiro atoms. The fraction of sp³-hybridized carbons (Fsp3) is 0.250. The van der Waals surface area contributed by atoms with Crippen molar-refractivity contribution in [2.24, 2.45) is 0 Å². The number of oxazole rings is 1. The van der Waals surface area contributed by atoms with Crippen LogP contribution in [0.25, 0.3) is 11.1 Å². The second-order valence-electron chi connectivity index (χ2n) is 6.49. The molecule has 0 bridgehead atoms. The summed E-state index contributed by atoms with van der Waals surface area (Å²) in [6, 6.07) is 10.5. The van der Waals surface area contributed by atoms with Crippen molar-refractivity contribution in [3.63, 3.8) is 0 Å². The van der Waals surface area contributed by atoms with Gasteiger partial charge in [-0.2, -0.15) is 0 Å². The molecule has 2 aromatic carbocycles. The van der Waals surface area contributed by atoms with Gasteiger partial charge in [0, 0.05) is 24.1 Å². The average molecular weight is 418 g/mol. The number of hydrazine groups is 1. The lowest BCUT2D eigenvalue weighted by molar-refractivity contribution is -0.130. The number of nitrogens with one attached hydrogen (secondary N) is 2. The molecule has 2 amide bonds. The lowest BCUT2D eigenvalue weighted by Crippen LogP contribution is -2.44. The number of nitrogens with zero attached hydrogens (tertiary/aromatic N) is 1. The molecule has 0 aliphatic heterocycles. The molecule has 152 valence electrons. The van der Waals surface area contributed by atoms with Crippen molar-refractivity contribution in [1.29, 1.82) is 0 Å². The number of aryl methyl sites for hydroxylation is 3. The molecular formula is C20H20ClN3O5. The smallest absolute Gasteiger partial charge is 0.419 e. The molecule has 9 heteroatoms. The fourth-order valence-corrected chi connectivity index (χ4v) is 3.03. The van der Waals surface area contributed by atoms with Crippen molar-refractivity contribution in [2.75, 3.05) is 6.61 Å². The van der Waals surface area contributed by atoms with Gasteiger partial charge in [-0.3, -0.25) is 25.0 Å². The lowest BCUT2D eigenvalue weighted by atomic mass is 10.1. The van der Waals surface area contributed by atoms with Crippen molar-refractivity contribution >= 4 is 34.5 Å². The van der Waals surface area contributed by atoms with Crippen LogP contribution in [0, 0.1) is 13.8 Å². The zero-order chi connectivity index (χ0) is 21.0. The maximum atomic E-state index is 12.0. The Labute approximate surface area is 171 Å². The van der Waals surface area contributed by atoms with E-state index in [9.17, 15) is 14.4 Å². The van der Waals surface area contributed by atoms with Crippen LogP contribution in [0.2, 0.25) is 5.02 Å². The summed E-state index contributed by atoms with van der Waals surface area (Å²) in [7, 11) is 0. The van der Waals surface area contributed by atoms with Gasteiger partial charge in [0.15, 0.2) is 12.2 Å². The number of amides is 2. The number of rotatable bonds is 6. The molecule has 3 aromatic rings. The summed E-state index contributed by atoms with van der Waals surface area (Å²) in [6.45, 7) is 3.63. The van der Waals surface area contributed by atoms with Crippen LogP contribution < -0.4 is 21.3 Å². The number of halogens is 1. The standard InChI is InChI=1S/C20H20ClN3O5/c1-12-4-3-5-13(2)19(12)28-11-18(26)23-22-17(25)8-9-24-15-7-6-14(21)10-16(15)29-20(24)27/h3-7,10H,8-9,11H2,1-2H3,(H,22,25)(H,23,26). The largest absolute Gasteiger partial charge is 0.483 e. The number of aromatic nitrogens is 1. The molecule has 8 nitrogen and oxygen atoms in total. The van der Waals surface area contributed by atoms with Crippen LogP contribution in [-0.2, 0) is 16.1 Å². The van der Waals surface area contributed by atoms with Crippen molar-refractivity contribution in [1.82, 2.24) is 15.4 Å². The van der Waals surface area contributed by atoms with Crippen molar-refractivity contribution in [3.8, 4) is 5.75 Å². The van der Waals surface area contributed by atoms with E-state index in [1.807, 2.05) is 32.0 Å². The Kier molecular flexibility index (Phi) is 6.23.